The van der Waals surface area contributed by atoms with E-state index in [2.05, 4.69) is 55.3 Å². The first-order valence-corrected chi connectivity index (χ1v) is 9.01. The van der Waals surface area contributed by atoms with Crippen LogP contribution in [0.1, 0.15) is 38.3 Å². The Morgan fingerprint density at radius 2 is 2.04 bits per heavy atom. The topological polar surface area (TPSA) is 60.2 Å². The normalized spacial score (nSPS) is 12.8. The molecule has 0 aliphatic rings. The number of aromatic nitrogens is 1. The van der Waals surface area contributed by atoms with Crippen LogP contribution in [0.5, 0.6) is 5.75 Å². The number of hydrogen-bond donors (Lipinski definition) is 2. The third-order valence-electron chi connectivity index (χ3n) is 3.96. The summed E-state index contributed by atoms with van der Waals surface area (Å²) in [7, 11) is 0. The molecule has 4 nitrogen and oxygen atoms in total. The van der Waals surface area contributed by atoms with Crippen LogP contribution in [0.4, 0.5) is 0 Å². The Morgan fingerprint density at radius 1 is 1.24 bits per heavy atom. The first kappa shape index (κ1) is 19.7. The van der Waals surface area contributed by atoms with E-state index in [4.69, 9.17) is 22.1 Å². The van der Waals surface area contributed by atoms with Crippen LogP contribution in [-0.4, -0.2) is 24.2 Å². The van der Waals surface area contributed by atoms with Gasteiger partial charge in [0, 0.05) is 24.8 Å². The summed E-state index contributed by atoms with van der Waals surface area (Å²) in [6.45, 7) is 8.83. The minimum atomic E-state index is -0.0348. The number of ether oxygens (including phenoxy) is 1. The molecule has 0 spiro atoms. The van der Waals surface area contributed by atoms with Crippen LogP contribution >= 0.6 is 11.6 Å². The molecule has 25 heavy (non-hydrogen) atoms. The zero-order valence-corrected chi connectivity index (χ0v) is 16.0. The minimum Gasteiger partial charge on any atom is -0.490 e. The zero-order chi connectivity index (χ0) is 18.3. The monoisotopic (exact) mass is 361 g/mol. The lowest BCUT2D eigenvalue weighted by Crippen LogP contribution is -2.31. The third-order valence-corrected chi connectivity index (χ3v) is 4.16. The van der Waals surface area contributed by atoms with Gasteiger partial charge in [-0.3, -0.25) is 4.98 Å². The van der Waals surface area contributed by atoms with Crippen molar-refractivity contribution >= 4 is 11.6 Å². The summed E-state index contributed by atoms with van der Waals surface area (Å²) in [5.74, 6) is 0.648. The van der Waals surface area contributed by atoms with Crippen molar-refractivity contribution in [3.8, 4) is 5.75 Å². The lowest BCUT2D eigenvalue weighted by molar-refractivity contribution is 0.280. The Bertz CT molecular complexity index is 670. The fraction of sp³-hybridized carbons (Fsp3) is 0.450. The lowest BCUT2D eigenvalue weighted by Gasteiger charge is -2.20. The minimum absolute atomic E-state index is 0.0348. The summed E-state index contributed by atoms with van der Waals surface area (Å²) in [5.41, 5.74) is 8.92. The van der Waals surface area contributed by atoms with Crippen LogP contribution < -0.4 is 15.8 Å². The highest BCUT2D eigenvalue weighted by Gasteiger charge is 2.13. The fourth-order valence-corrected chi connectivity index (χ4v) is 2.59. The average molecular weight is 362 g/mol. The summed E-state index contributed by atoms with van der Waals surface area (Å²) >= 11 is 5.88. The Balaban J connectivity index is 1.69. The molecule has 0 aliphatic carbocycles. The van der Waals surface area contributed by atoms with Crippen molar-refractivity contribution in [3.05, 3.63) is 58.9 Å². The molecule has 136 valence electrons. The van der Waals surface area contributed by atoms with Crippen LogP contribution in [0.3, 0.4) is 0 Å². The van der Waals surface area contributed by atoms with E-state index in [0.717, 1.165) is 19.5 Å². The van der Waals surface area contributed by atoms with Gasteiger partial charge in [0.1, 0.15) is 12.4 Å². The largest absolute Gasteiger partial charge is 0.490 e. The van der Waals surface area contributed by atoms with E-state index in [1.165, 1.54) is 11.1 Å². The second-order valence-corrected chi connectivity index (χ2v) is 7.76. The summed E-state index contributed by atoms with van der Waals surface area (Å²) in [4.78, 5) is 3.99. The molecule has 0 bridgehead atoms. The van der Waals surface area contributed by atoms with Crippen molar-refractivity contribution in [2.24, 2.45) is 5.73 Å². The van der Waals surface area contributed by atoms with Crippen LogP contribution in [0, 0.1) is 0 Å². The Kier molecular flexibility index (Phi) is 7.24. The third kappa shape index (κ3) is 7.02. The Morgan fingerprint density at radius 3 is 2.76 bits per heavy atom. The second kappa shape index (κ2) is 9.18. The van der Waals surface area contributed by atoms with Crippen LogP contribution in [0.2, 0.25) is 5.02 Å². The smallest absolute Gasteiger partial charge is 0.139 e. The van der Waals surface area contributed by atoms with Gasteiger partial charge in [-0.25, -0.2) is 0 Å². The van der Waals surface area contributed by atoms with Crippen molar-refractivity contribution in [2.75, 3.05) is 13.2 Å². The molecule has 1 atom stereocenters. The van der Waals surface area contributed by atoms with E-state index in [0.29, 0.717) is 17.4 Å². The van der Waals surface area contributed by atoms with E-state index in [9.17, 15) is 0 Å². The highest BCUT2D eigenvalue weighted by atomic mass is 35.5. The molecule has 1 aromatic carbocycles. The number of pyridine rings is 1. The molecule has 0 saturated carbocycles. The number of benzene rings is 1. The molecule has 1 unspecified atom stereocenters. The first-order chi connectivity index (χ1) is 11.8. The van der Waals surface area contributed by atoms with Crippen LogP contribution in [-0.2, 0) is 12.0 Å². The number of hydrogen-bond acceptors (Lipinski definition) is 4. The highest BCUT2D eigenvalue weighted by Crippen LogP contribution is 2.22. The molecule has 3 N–H and O–H groups in total. The maximum atomic E-state index is 6.10. The summed E-state index contributed by atoms with van der Waals surface area (Å²) in [6, 6.07) is 10.4. The van der Waals surface area contributed by atoms with Gasteiger partial charge < -0.3 is 15.8 Å². The predicted molar refractivity (Wildman–Crippen MR) is 104 cm³/mol. The van der Waals surface area contributed by atoms with Crippen molar-refractivity contribution in [2.45, 2.75) is 45.2 Å². The van der Waals surface area contributed by atoms with Crippen LogP contribution in [0.25, 0.3) is 0 Å². The van der Waals surface area contributed by atoms with Crippen molar-refractivity contribution in [3.63, 3.8) is 0 Å². The van der Waals surface area contributed by atoms with E-state index < -0.39 is 0 Å². The van der Waals surface area contributed by atoms with E-state index in [-0.39, 0.29) is 11.5 Å². The molecule has 0 radical (unpaired) electrons. The highest BCUT2D eigenvalue weighted by molar-refractivity contribution is 6.30. The summed E-state index contributed by atoms with van der Waals surface area (Å²) in [5, 5.41) is 4.01. The van der Waals surface area contributed by atoms with Gasteiger partial charge in [0.25, 0.3) is 0 Å². The zero-order valence-electron chi connectivity index (χ0n) is 15.3. The number of rotatable bonds is 8. The first-order valence-electron chi connectivity index (χ1n) is 8.63. The average Bonchev–Trinajstić information content (AvgIpc) is 2.56. The van der Waals surface area contributed by atoms with Crippen LogP contribution in [0.15, 0.2) is 42.7 Å². The Hall–Kier alpha value is -1.62. The van der Waals surface area contributed by atoms with E-state index in [1.54, 1.807) is 18.5 Å². The van der Waals surface area contributed by atoms with Gasteiger partial charge in [-0.15, -0.1) is 0 Å². The number of halogens is 1. The van der Waals surface area contributed by atoms with Gasteiger partial charge in [0.05, 0.1) is 11.2 Å². The number of nitrogens with one attached hydrogen (secondary N) is 1. The molecule has 1 heterocycles. The Labute approximate surface area is 155 Å². The molecule has 0 aliphatic heterocycles. The van der Waals surface area contributed by atoms with Gasteiger partial charge in [-0.1, -0.05) is 56.6 Å². The quantitative estimate of drug-likeness (QED) is 0.699. The number of nitrogens with zero attached hydrogens (tertiary/aromatic N) is 1. The molecule has 5 heteroatoms. The molecule has 2 rings (SSSR count). The van der Waals surface area contributed by atoms with E-state index >= 15 is 0 Å². The molecule has 1 aromatic heterocycles. The predicted octanol–water partition coefficient (Wildman–Crippen LogP) is 3.92. The molecule has 2 aromatic rings. The number of nitrogens with two attached hydrogens (primary N) is 1. The summed E-state index contributed by atoms with van der Waals surface area (Å²) < 4.78 is 5.62. The van der Waals surface area contributed by atoms with Crippen molar-refractivity contribution in [1.29, 1.82) is 0 Å². The maximum Gasteiger partial charge on any atom is 0.139 e. The van der Waals surface area contributed by atoms with Crippen molar-refractivity contribution in [1.82, 2.24) is 10.3 Å². The lowest BCUT2D eigenvalue weighted by atomic mass is 9.86. The van der Waals surface area contributed by atoms with Crippen molar-refractivity contribution < 1.29 is 4.74 Å². The molecule has 0 amide bonds. The molecular weight excluding hydrogens is 334 g/mol. The summed E-state index contributed by atoms with van der Waals surface area (Å²) in [6.07, 6.45) is 4.05. The van der Waals surface area contributed by atoms with E-state index in [1.807, 2.05) is 0 Å². The molecule has 0 saturated heterocycles. The molecule has 0 fully saturated rings. The van der Waals surface area contributed by atoms with Gasteiger partial charge in [0.2, 0.25) is 0 Å². The van der Waals surface area contributed by atoms with Gasteiger partial charge in [-0.05, 0) is 29.5 Å². The van der Waals surface area contributed by atoms with Gasteiger partial charge >= 0.3 is 0 Å². The molecular formula is C20H28ClN3O. The SMILES string of the molecule is CC(C)(C)c1cccc(CNCCC(N)COc2cncc(Cl)c2)c1. The second-order valence-electron chi connectivity index (χ2n) is 7.33. The standard InChI is InChI=1S/C20H28ClN3O/c1-20(2,3)16-6-4-5-15(9-16)11-23-8-7-18(22)14-25-19-10-17(21)12-24-13-19/h4-6,9-10,12-13,18,23H,7-8,11,14,22H2,1-3H3. The van der Waals surface area contributed by atoms with Gasteiger partial charge in [0.15, 0.2) is 0 Å². The van der Waals surface area contributed by atoms with Gasteiger partial charge in [-0.2, -0.15) is 0 Å². The fourth-order valence-electron chi connectivity index (χ4n) is 2.43. The maximum absolute atomic E-state index is 6.10.